The van der Waals surface area contributed by atoms with Crippen molar-refractivity contribution >= 4 is 0 Å². The number of para-hydroxylation sites is 1. The fraction of sp³-hybridized carbons (Fsp3) is 0.588. The van der Waals surface area contributed by atoms with Crippen LogP contribution in [0, 0.1) is 17.2 Å². The van der Waals surface area contributed by atoms with Crippen LogP contribution in [-0.4, -0.2) is 41.8 Å². The van der Waals surface area contributed by atoms with Crippen molar-refractivity contribution in [2.45, 2.75) is 38.8 Å². The second-order valence-electron chi connectivity index (χ2n) is 6.02. The van der Waals surface area contributed by atoms with Gasteiger partial charge in [0.25, 0.3) is 0 Å². The van der Waals surface area contributed by atoms with Crippen LogP contribution in [-0.2, 0) is 0 Å². The van der Waals surface area contributed by atoms with Gasteiger partial charge >= 0.3 is 0 Å². The van der Waals surface area contributed by atoms with Crippen molar-refractivity contribution in [3.05, 3.63) is 29.8 Å². The highest BCUT2D eigenvalue weighted by molar-refractivity contribution is 5.42. The summed E-state index contributed by atoms with van der Waals surface area (Å²) in [6, 6.07) is 9.78. The molecule has 1 heterocycles. The number of hydrogen-bond acceptors (Lipinski definition) is 4. The van der Waals surface area contributed by atoms with Crippen molar-refractivity contribution in [2.24, 2.45) is 5.92 Å². The van der Waals surface area contributed by atoms with Crippen molar-refractivity contribution in [3.8, 4) is 11.8 Å². The maximum atomic E-state index is 10.2. The molecule has 4 nitrogen and oxygen atoms in total. The quantitative estimate of drug-likeness (QED) is 0.873. The van der Waals surface area contributed by atoms with Gasteiger partial charge in [0.2, 0.25) is 0 Å². The first-order chi connectivity index (χ1) is 10.1. The molecular formula is C17H24N2O2. The number of nitrogens with zero attached hydrogens (tertiary/aromatic N) is 2. The molecule has 1 saturated heterocycles. The van der Waals surface area contributed by atoms with Crippen molar-refractivity contribution in [3.63, 3.8) is 0 Å². The van der Waals surface area contributed by atoms with Gasteiger partial charge in [0, 0.05) is 12.6 Å². The van der Waals surface area contributed by atoms with Crippen molar-refractivity contribution in [1.82, 2.24) is 4.90 Å². The Morgan fingerprint density at radius 1 is 1.43 bits per heavy atom. The number of aliphatic hydroxyl groups is 1. The molecule has 0 spiro atoms. The number of benzene rings is 1. The predicted octanol–water partition coefficient (Wildman–Crippen LogP) is 2.42. The van der Waals surface area contributed by atoms with E-state index in [4.69, 9.17) is 10.00 Å². The fourth-order valence-corrected chi connectivity index (χ4v) is 3.03. The lowest BCUT2D eigenvalue weighted by Crippen LogP contribution is -2.40. The molecule has 1 aromatic carbocycles. The van der Waals surface area contributed by atoms with Gasteiger partial charge in [0.15, 0.2) is 0 Å². The van der Waals surface area contributed by atoms with Crippen molar-refractivity contribution in [2.75, 3.05) is 19.7 Å². The zero-order chi connectivity index (χ0) is 15.2. The molecule has 1 aliphatic heterocycles. The minimum Gasteiger partial charge on any atom is -0.489 e. The van der Waals surface area contributed by atoms with Gasteiger partial charge in [-0.1, -0.05) is 26.0 Å². The number of β-amino-alcohol motifs (C(OH)–C–C–N with tert-alkyl or cyclic N) is 1. The van der Waals surface area contributed by atoms with Crippen LogP contribution in [0.15, 0.2) is 24.3 Å². The van der Waals surface area contributed by atoms with E-state index in [2.05, 4.69) is 24.8 Å². The summed E-state index contributed by atoms with van der Waals surface area (Å²) >= 11 is 0. The molecule has 0 radical (unpaired) electrons. The Balaban J connectivity index is 1.85. The maximum Gasteiger partial charge on any atom is 0.137 e. The fourth-order valence-electron chi connectivity index (χ4n) is 3.03. The topological polar surface area (TPSA) is 56.5 Å². The summed E-state index contributed by atoms with van der Waals surface area (Å²) in [6.07, 6.45) is 1.88. The minimum absolute atomic E-state index is 0.222. The summed E-state index contributed by atoms with van der Waals surface area (Å²) in [5, 5.41) is 19.2. The third-order valence-corrected chi connectivity index (χ3v) is 4.07. The van der Waals surface area contributed by atoms with E-state index < -0.39 is 6.10 Å². The molecule has 0 saturated carbocycles. The molecule has 1 N–H and O–H groups in total. The molecule has 0 aliphatic carbocycles. The Hall–Kier alpha value is -1.57. The SMILES string of the molecule is CC(C)C1CCCN1CC(O)COc1ccccc1C#N. The van der Waals surface area contributed by atoms with Gasteiger partial charge in [-0.25, -0.2) is 0 Å². The van der Waals surface area contributed by atoms with Crippen LogP contribution < -0.4 is 4.74 Å². The molecule has 1 aromatic rings. The van der Waals surface area contributed by atoms with E-state index >= 15 is 0 Å². The van der Waals surface area contributed by atoms with E-state index in [1.165, 1.54) is 12.8 Å². The van der Waals surface area contributed by atoms with Gasteiger partial charge in [-0.15, -0.1) is 0 Å². The molecule has 114 valence electrons. The molecule has 4 heteroatoms. The van der Waals surface area contributed by atoms with E-state index in [9.17, 15) is 5.11 Å². The number of hydrogen-bond donors (Lipinski definition) is 1. The van der Waals surface area contributed by atoms with Crippen LogP contribution in [0.3, 0.4) is 0 Å². The maximum absolute atomic E-state index is 10.2. The smallest absolute Gasteiger partial charge is 0.137 e. The van der Waals surface area contributed by atoms with Crippen LogP contribution in [0.25, 0.3) is 0 Å². The third kappa shape index (κ3) is 4.20. The van der Waals surface area contributed by atoms with Gasteiger partial charge in [0.1, 0.15) is 24.5 Å². The Kier molecular flexibility index (Phi) is 5.60. The lowest BCUT2D eigenvalue weighted by molar-refractivity contribution is 0.0570. The van der Waals surface area contributed by atoms with E-state index in [0.29, 0.717) is 29.8 Å². The number of aliphatic hydroxyl groups excluding tert-OH is 1. The monoisotopic (exact) mass is 288 g/mol. The van der Waals surface area contributed by atoms with E-state index in [0.717, 1.165) is 6.54 Å². The summed E-state index contributed by atoms with van der Waals surface area (Å²) in [4.78, 5) is 2.36. The van der Waals surface area contributed by atoms with Gasteiger partial charge in [-0.2, -0.15) is 5.26 Å². The standard InChI is InChI=1S/C17H24N2O2/c1-13(2)16-7-5-9-19(16)11-15(20)12-21-17-8-4-3-6-14(17)10-18/h3-4,6,8,13,15-16,20H,5,7,9,11-12H2,1-2H3. The second kappa shape index (κ2) is 7.44. The van der Waals surface area contributed by atoms with Crippen LogP contribution in [0.4, 0.5) is 0 Å². The van der Waals surface area contributed by atoms with E-state index in [1.54, 1.807) is 18.2 Å². The Morgan fingerprint density at radius 2 is 2.19 bits per heavy atom. The van der Waals surface area contributed by atoms with E-state index in [-0.39, 0.29) is 6.61 Å². The molecule has 2 unspecified atom stereocenters. The van der Waals surface area contributed by atoms with E-state index in [1.807, 2.05) is 6.07 Å². The zero-order valence-corrected chi connectivity index (χ0v) is 12.8. The average Bonchev–Trinajstić information content (AvgIpc) is 2.93. The summed E-state index contributed by atoms with van der Waals surface area (Å²) in [7, 11) is 0. The highest BCUT2D eigenvalue weighted by atomic mass is 16.5. The molecule has 2 atom stereocenters. The Bertz CT molecular complexity index is 496. The van der Waals surface area contributed by atoms with Crippen molar-refractivity contribution < 1.29 is 9.84 Å². The van der Waals surface area contributed by atoms with Crippen LogP contribution in [0.1, 0.15) is 32.3 Å². The lowest BCUT2D eigenvalue weighted by Gasteiger charge is -2.29. The average molecular weight is 288 g/mol. The number of likely N-dealkylation sites (tertiary alicyclic amines) is 1. The first kappa shape index (κ1) is 15.8. The van der Waals surface area contributed by atoms with Crippen LogP contribution in [0.2, 0.25) is 0 Å². The summed E-state index contributed by atoms with van der Waals surface area (Å²) in [5.74, 6) is 1.15. The second-order valence-corrected chi connectivity index (χ2v) is 6.02. The predicted molar refractivity (Wildman–Crippen MR) is 82.1 cm³/mol. The zero-order valence-electron chi connectivity index (χ0n) is 12.8. The molecule has 1 fully saturated rings. The largest absolute Gasteiger partial charge is 0.489 e. The Morgan fingerprint density at radius 3 is 2.90 bits per heavy atom. The lowest BCUT2D eigenvalue weighted by atomic mass is 10.0. The van der Waals surface area contributed by atoms with Gasteiger partial charge < -0.3 is 9.84 Å². The highest BCUT2D eigenvalue weighted by Gasteiger charge is 2.28. The van der Waals surface area contributed by atoms with Crippen LogP contribution >= 0.6 is 0 Å². The molecule has 0 aromatic heterocycles. The summed E-state index contributed by atoms with van der Waals surface area (Å²) in [5.41, 5.74) is 0.505. The molecule has 0 bridgehead atoms. The first-order valence-electron chi connectivity index (χ1n) is 7.66. The minimum atomic E-state index is -0.531. The summed E-state index contributed by atoms with van der Waals surface area (Å²) in [6.45, 7) is 6.37. The first-order valence-corrected chi connectivity index (χ1v) is 7.66. The molecular weight excluding hydrogens is 264 g/mol. The number of rotatable bonds is 6. The molecule has 21 heavy (non-hydrogen) atoms. The molecule has 2 rings (SSSR count). The van der Waals surface area contributed by atoms with Crippen LogP contribution in [0.5, 0.6) is 5.75 Å². The van der Waals surface area contributed by atoms with Gasteiger partial charge in [0.05, 0.1) is 5.56 Å². The normalized spacial score (nSPS) is 20.4. The van der Waals surface area contributed by atoms with Gasteiger partial charge in [-0.05, 0) is 37.4 Å². The van der Waals surface area contributed by atoms with Crippen molar-refractivity contribution in [1.29, 1.82) is 5.26 Å². The molecule has 0 amide bonds. The van der Waals surface area contributed by atoms with Gasteiger partial charge in [-0.3, -0.25) is 4.90 Å². The third-order valence-electron chi connectivity index (χ3n) is 4.07. The summed E-state index contributed by atoms with van der Waals surface area (Å²) < 4.78 is 5.60. The highest BCUT2D eigenvalue weighted by Crippen LogP contribution is 2.24. The number of ether oxygens (including phenoxy) is 1. The number of nitriles is 1. The molecule has 1 aliphatic rings. The Labute approximate surface area is 127 Å².